The van der Waals surface area contributed by atoms with E-state index in [0.717, 1.165) is 24.5 Å². The first-order chi connectivity index (χ1) is 14.0. The maximum absolute atomic E-state index is 12.1. The van der Waals surface area contributed by atoms with Gasteiger partial charge in [0.05, 0.1) is 0 Å². The van der Waals surface area contributed by atoms with Crippen molar-refractivity contribution in [2.24, 2.45) is 0 Å². The topological polar surface area (TPSA) is 104 Å². The summed E-state index contributed by atoms with van der Waals surface area (Å²) < 4.78 is 26.6. The zero-order valence-electron chi connectivity index (χ0n) is 16.4. The van der Waals surface area contributed by atoms with Crippen LogP contribution in [0.4, 0.5) is 5.82 Å². The molecule has 0 spiro atoms. The van der Waals surface area contributed by atoms with E-state index in [1.807, 2.05) is 12.1 Å². The Balaban J connectivity index is 1.41. The molecule has 1 aliphatic rings. The van der Waals surface area contributed by atoms with Crippen LogP contribution in [0.3, 0.4) is 0 Å². The Bertz CT molecular complexity index is 880. The first kappa shape index (κ1) is 21.2. The summed E-state index contributed by atoms with van der Waals surface area (Å²) in [6.45, 7) is 2.47. The summed E-state index contributed by atoms with van der Waals surface area (Å²) in [6, 6.07) is 6.97. The van der Waals surface area contributed by atoms with Gasteiger partial charge in [0, 0.05) is 51.2 Å². The maximum Gasteiger partial charge on any atom is 0.242 e. The molecule has 156 valence electrons. The molecule has 1 saturated heterocycles. The third kappa shape index (κ3) is 6.50. The van der Waals surface area contributed by atoms with Crippen molar-refractivity contribution >= 4 is 21.7 Å². The number of anilines is 1. The van der Waals surface area contributed by atoms with E-state index in [4.69, 9.17) is 0 Å². The zero-order chi connectivity index (χ0) is 20.5. The minimum absolute atomic E-state index is 0.0230. The Kier molecular flexibility index (Phi) is 7.54. The predicted octanol–water partition coefficient (Wildman–Crippen LogP) is 1.84. The van der Waals surface area contributed by atoms with Gasteiger partial charge in [0.1, 0.15) is 10.7 Å². The van der Waals surface area contributed by atoms with Gasteiger partial charge in [0.25, 0.3) is 0 Å². The number of nitrogens with zero attached hydrogens (tertiary/aromatic N) is 3. The van der Waals surface area contributed by atoms with Crippen molar-refractivity contribution in [3.8, 4) is 0 Å². The Morgan fingerprint density at radius 1 is 1.07 bits per heavy atom. The lowest BCUT2D eigenvalue weighted by Crippen LogP contribution is -2.30. The molecular weight excluding hydrogens is 390 g/mol. The van der Waals surface area contributed by atoms with E-state index in [2.05, 4.69) is 24.9 Å². The van der Waals surface area contributed by atoms with Gasteiger partial charge in [-0.05, 0) is 36.6 Å². The molecule has 0 radical (unpaired) electrons. The Labute approximate surface area is 171 Å². The van der Waals surface area contributed by atoms with Crippen LogP contribution >= 0.6 is 0 Å². The molecule has 1 amide bonds. The molecule has 1 aliphatic heterocycles. The number of hydrogen-bond donors (Lipinski definition) is 2. The highest BCUT2D eigenvalue weighted by Gasteiger charge is 2.14. The molecule has 29 heavy (non-hydrogen) atoms. The van der Waals surface area contributed by atoms with E-state index >= 15 is 0 Å². The largest absolute Gasteiger partial charge is 0.357 e. The van der Waals surface area contributed by atoms with Gasteiger partial charge in [-0.3, -0.25) is 9.78 Å². The highest BCUT2D eigenvalue weighted by atomic mass is 32.2. The SMILES string of the molecule is O=C(CCNS(=O)(=O)c1cccnc1)NCc1ccc(N2CCCCCC2)nc1. The lowest BCUT2D eigenvalue weighted by molar-refractivity contribution is -0.121. The Morgan fingerprint density at radius 3 is 2.52 bits per heavy atom. The van der Waals surface area contributed by atoms with Crippen LogP contribution in [-0.4, -0.2) is 43.9 Å². The second-order valence-corrected chi connectivity index (χ2v) is 8.81. The average Bonchev–Trinajstić information content (AvgIpc) is 3.03. The van der Waals surface area contributed by atoms with Gasteiger partial charge in [0.2, 0.25) is 15.9 Å². The highest BCUT2D eigenvalue weighted by Crippen LogP contribution is 2.17. The standard InChI is InChI=1S/C20H27N5O3S/c26-20(9-11-24-29(27,28)18-6-5-10-21-16-18)23-15-17-7-8-19(22-14-17)25-12-3-1-2-4-13-25/h5-8,10,14,16,24H,1-4,9,11-13,15H2,(H,23,26). The number of sulfonamides is 1. The van der Waals surface area contributed by atoms with Gasteiger partial charge in [-0.25, -0.2) is 18.1 Å². The number of rotatable bonds is 8. The van der Waals surface area contributed by atoms with Crippen molar-refractivity contribution < 1.29 is 13.2 Å². The van der Waals surface area contributed by atoms with Crippen molar-refractivity contribution in [3.05, 3.63) is 48.4 Å². The maximum atomic E-state index is 12.1. The minimum Gasteiger partial charge on any atom is -0.357 e. The molecule has 2 N–H and O–H groups in total. The van der Waals surface area contributed by atoms with Crippen LogP contribution in [0.15, 0.2) is 47.8 Å². The lowest BCUT2D eigenvalue weighted by atomic mass is 10.2. The van der Waals surface area contributed by atoms with Crippen molar-refractivity contribution in [2.75, 3.05) is 24.5 Å². The fourth-order valence-electron chi connectivity index (χ4n) is 3.19. The molecule has 0 atom stereocenters. The number of nitrogens with one attached hydrogen (secondary N) is 2. The van der Waals surface area contributed by atoms with Crippen molar-refractivity contribution in [1.29, 1.82) is 0 Å². The number of carbonyl (C=O) groups is 1. The van der Waals surface area contributed by atoms with Crippen molar-refractivity contribution in [1.82, 2.24) is 20.0 Å². The van der Waals surface area contributed by atoms with Crippen LogP contribution in [0.25, 0.3) is 0 Å². The molecular formula is C20H27N5O3S. The van der Waals surface area contributed by atoms with E-state index in [-0.39, 0.29) is 23.8 Å². The smallest absolute Gasteiger partial charge is 0.242 e. The average molecular weight is 418 g/mol. The molecule has 0 aromatic carbocycles. The van der Waals surface area contributed by atoms with E-state index < -0.39 is 10.0 Å². The van der Waals surface area contributed by atoms with Gasteiger partial charge in [0.15, 0.2) is 0 Å². The van der Waals surface area contributed by atoms with Crippen molar-refractivity contribution in [3.63, 3.8) is 0 Å². The van der Waals surface area contributed by atoms with Gasteiger partial charge >= 0.3 is 0 Å². The van der Waals surface area contributed by atoms with Crippen LogP contribution < -0.4 is 14.9 Å². The summed E-state index contributed by atoms with van der Waals surface area (Å²) in [5, 5.41) is 2.79. The Hall–Kier alpha value is -2.52. The zero-order valence-corrected chi connectivity index (χ0v) is 17.2. The third-order valence-corrected chi connectivity index (χ3v) is 6.26. The van der Waals surface area contributed by atoms with Crippen molar-refractivity contribution in [2.45, 2.75) is 43.5 Å². The highest BCUT2D eigenvalue weighted by molar-refractivity contribution is 7.89. The molecule has 0 unspecified atom stereocenters. The normalized spacial score (nSPS) is 15.0. The summed E-state index contributed by atoms with van der Waals surface area (Å²) in [6.07, 6.45) is 9.56. The summed E-state index contributed by atoms with van der Waals surface area (Å²) in [7, 11) is -3.65. The molecule has 2 aromatic rings. The first-order valence-corrected chi connectivity index (χ1v) is 11.4. The molecule has 3 rings (SSSR count). The van der Waals surface area contributed by atoms with Gasteiger partial charge in [-0.15, -0.1) is 0 Å². The summed E-state index contributed by atoms with van der Waals surface area (Å²) in [4.78, 5) is 22.7. The Morgan fingerprint density at radius 2 is 1.86 bits per heavy atom. The van der Waals surface area contributed by atoms with Gasteiger partial charge in [-0.2, -0.15) is 0 Å². The first-order valence-electron chi connectivity index (χ1n) is 9.91. The minimum atomic E-state index is -3.65. The fraction of sp³-hybridized carbons (Fsp3) is 0.450. The second kappa shape index (κ2) is 10.3. The van der Waals surface area contributed by atoms with Gasteiger partial charge < -0.3 is 10.2 Å². The number of pyridine rings is 2. The fourth-order valence-corrected chi connectivity index (χ4v) is 4.18. The number of hydrogen-bond acceptors (Lipinski definition) is 6. The summed E-state index contributed by atoms with van der Waals surface area (Å²) >= 11 is 0. The van der Waals surface area contributed by atoms with Crippen LogP contribution in [0.1, 0.15) is 37.7 Å². The monoisotopic (exact) mass is 417 g/mol. The molecule has 9 heteroatoms. The van der Waals surface area contributed by atoms with E-state index in [1.165, 1.54) is 44.1 Å². The van der Waals surface area contributed by atoms with Crippen LogP contribution in [0.5, 0.6) is 0 Å². The predicted molar refractivity (Wildman–Crippen MR) is 111 cm³/mol. The van der Waals surface area contributed by atoms with Crippen LogP contribution in [0.2, 0.25) is 0 Å². The lowest BCUT2D eigenvalue weighted by Gasteiger charge is -2.21. The van der Waals surface area contributed by atoms with Gasteiger partial charge in [-0.1, -0.05) is 18.9 Å². The van der Waals surface area contributed by atoms with Crippen LogP contribution in [0, 0.1) is 0 Å². The molecule has 0 aliphatic carbocycles. The number of carbonyl (C=O) groups excluding carboxylic acids is 1. The summed E-state index contributed by atoms with van der Waals surface area (Å²) in [5.41, 5.74) is 0.910. The quantitative estimate of drug-likeness (QED) is 0.679. The molecule has 2 aromatic heterocycles. The molecule has 8 nitrogen and oxygen atoms in total. The molecule has 1 fully saturated rings. The number of aromatic nitrogens is 2. The number of amides is 1. The second-order valence-electron chi connectivity index (χ2n) is 7.04. The third-order valence-electron chi connectivity index (χ3n) is 4.82. The molecule has 0 bridgehead atoms. The summed E-state index contributed by atoms with van der Waals surface area (Å²) in [5.74, 6) is 0.752. The molecule has 0 saturated carbocycles. The van der Waals surface area contributed by atoms with E-state index in [0.29, 0.717) is 6.54 Å². The van der Waals surface area contributed by atoms with Crippen LogP contribution in [-0.2, 0) is 21.4 Å². The molecule has 3 heterocycles. The van der Waals surface area contributed by atoms with E-state index in [9.17, 15) is 13.2 Å². The van der Waals surface area contributed by atoms with E-state index in [1.54, 1.807) is 12.3 Å².